The molecule has 1 fully saturated rings. The predicted molar refractivity (Wildman–Crippen MR) is 44.0 cm³/mol. The molecule has 2 unspecified atom stereocenters. The van der Waals surface area contributed by atoms with Gasteiger partial charge in [0.05, 0.1) is 12.5 Å². The van der Waals surface area contributed by atoms with Gasteiger partial charge < -0.3 is 15.2 Å². The van der Waals surface area contributed by atoms with Gasteiger partial charge in [-0.3, -0.25) is 4.79 Å². The smallest absolute Gasteiger partial charge is 0.306 e. The molecule has 4 nitrogen and oxygen atoms in total. The van der Waals surface area contributed by atoms with Crippen LogP contribution in [0.4, 0.5) is 0 Å². The van der Waals surface area contributed by atoms with Crippen LogP contribution in [0.15, 0.2) is 0 Å². The summed E-state index contributed by atoms with van der Waals surface area (Å²) in [4.78, 5) is 10.4. The molecule has 1 aliphatic carbocycles. The second-order valence-corrected chi connectivity index (χ2v) is 3.14. The third-order valence-corrected chi connectivity index (χ3v) is 2.13. The fourth-order valence-electron chi connectivity index (χ4n) is 1.24. The second kappa shape index (κ2) is 4.42. The molecule has 1 aliphatic rings. The summed E-state index contributed by atoms with van der Waals surface area (Å²) in [6, 6.07) is 0. The maximum absolute atomic E-state index is 10.4. The Kier molecular flexibility index (Phi) is 3.49. The molecule has 2 N–H and O–H groups in total. The van der Waals surface area contributed by atoms with Crippen LogP contribution in [0.3, 0.4) is 0 Å². The first-order chi connectivity index (χ1) is 5.75. The fraction of sp³-hybridized carbons (Fsp3) is 0.875. The van der Waals surface area contributed by atoms with Crippen LogP contribution in [0.2, 0.25) is 0 Å². The second-order valence-electron chi connectivity index (χ2n) is 3.14. The predicted octanol–water partition coefficient (Wildman–Crippen LogP) is -0.0569. The Morgan fingerprint density at radius 3 is 3.00 bits per heavy atom. The topological polar surface area (TPSA) is 58.6 Å². The van der Waals surface area contributed by atoms with E-state index in [2.05, 4.69) is 5.32 Å². The highest BCUT2D eigenvalue weighted by molar-refractivity contribution is 5.73. The van der Waals surface area contributed by atoms with Gasteiger partial charge in [0.2, 0.25) is 0 Å². The van der Waals surface area contributed by atoms with E-state index in [4.69, 9.17) is 9.84 Å². The molecular weight excluding hydrogens is 158 g/mol. The van der Waals surface area contributed by atoms with E-state index in [9.17, 15) is 4.79 Å². The number of carboxylic acids is 1. The van der Waals surface area contributed by atoms with Gasteiger partial charge in [0.1, 0.15) is 0 Å². The van der Waals surface area contributed by atoms with E-state index in [0.717, 1.165) is 19.5 Å². The van der Waals surface area contributed by atoms with Crippen LogP contribution in [-0.2, 0) is 9.53 Å². The Bertz CT molecular complexity index is 160. The first kappa shape index (κ1) is 9.48. The number of ether oxygens (including phenoxy) is 1. The Balaban J connectivity index is 1.93. The van der Waals surface area contributed by atoms with Crippen molar-refractivity contribution in [2.75, 3.05) is 26.8 Å². The van der Waals surface area contributed by atoms with Gasteiger partial charge in [-0.1, -0.05) is 0 Å². The minimum atomic E-state index is -0.659. The van der Waals surface area contributed by atoms with Crippen LogP contribution in [-0.4, -0.2) is 37.9 Å². The number of hydrogen-bond acceptors (Lipinski definition) is 3. The zero-order chi connectivity index (χ0) is 8.97. The lowest BCUT2D eigenvalue weighted by Crippen LogP contribution is -2.22. The number of carbonyl (C=O) groups is 1. The van der Waals surface area contributed by atoms with Gasteiger partial charge in [-0.2, -0.15) is 0 Å². The first-order valence-corrected chi connectivity index (χ1v) is 4.18. The average molecular weight is 173 g/mol. The van der Waals surface area contributed by atoms with E-state index >= 15 is 0 Å². The molecule has 4 heteroatoms. The Morgan fingerprint density at radius 1 is 1.75 bits per heavy atom. The maximum atomic E-state index is 10.4. The molecule has 0 aliphatic heterocycles. The van der Waals surface area contributed by atoms with E-state index in [-0.39, 0.29) is 5.92 Å². The highest BCUT2D eigenvalue weighted by Crippen LogP contribution is 2.37. The SMILES string of the molecule is COCCNCC1CC1C(=O)O. The molecule has 0 aromatic carbocycles. The quantitative estimate of drug-likeness (QED) is 0.553. The van der Waals surface area contributed by atoms with Gasteiger partial charge in [0.15, 0.2) is 0 Å². The summed E-state index contributed by atoms with van der Waals surface area (Å²) in [5.74, 6) is -0.409. The van der Waals surface area contributed by atoms with Crippen LogP contribution in [0.25, 0.3) is 0 Å². The van der Waals surface area contributed by atoms with Crippen LogP contribution in [0.1, 0.15) is 6.42 Å². The fourth-order valence-corrected chi connectivity index (χ4v) is 1.24. The molecule has 0 heterocycles. The van der Waals surface area contributed by atoms with Crippen molar-refractivity contribution in [3.63, 3.8) is 0 Å². The molecule has 0 bridgehead atoms. The summed E-state index contributed by atoms with van der Waals surface area (Å²) in [6.45, 7) is 2.30. The lowest BCUT2D eigenvalue weighted by molar-refractivity contribution is -0.138. The van der Waals surface area contributed by atoms with Crippen molar-refractivity contribution in [3.8, 4) is 0 Å². The minimum Gasteiger partial charge on any atom is -0.481 e. The van der Waals surface area contributed by atoms with Crippen LogP contribution < -0.4 is 5.32 Å². The van der Waals surface area contributed by atoms with Gasteiger partial charge in [-0.25, -0.2) is 0 Å². The summed E-state index contributed by atoms with van der Waals surface area (Å²) in [6.07, 6.45) is 0.829. The van der Waals surface area contributed by atoms with Crippen molar-refractivity contribution in [2.24, 2.45) is 11.8 Å². The van der Waals surface area contributed by atoms with Crippen molar-refractivity contribution < 1.29 is 14.6 Å². The monoisotopic (exact) mass is 173 g/mol. The standard InChI is InChI=1S/C8H15NO3/c1-12-3-2-9-5-6-4-7(6)8(10)11/h6-7,9H,2-5H2,1H3,(H,10,11). The molecule has 0 saturated heterocycles. The van der Waals surface area contributed by atoms with Crippen molar-refractivity contribution in [1.82, 2.24) is 5.32 Å². The van der Waals surface area contributed by atoms with E-state index in [1.165, 1.54) is 0 Å². The molecule has 0 radical (unpaired) electrons. The number of rotatable bonds is 6. The average Bonchev–Trinajstić information content (AvgIpc) is 2.77. The zero-order valence-corrected chi connectivity index (χ0v) is 7.25. The van der Waals surface area contributed by atoms with Gasteiger partial charge in [-0.15, -0.1) is 0 Å². The molecule has 2 atom stereocenters. The van der Waals surface area contributed by atoms with E-state index < -0.39 is 5.97 Å². The largest absolute Gasteiger partial charge is 0.481 e. The normalized spacial score (nSPS) is 27.1. The molecule has 70 valence electrons. The number of nitrogens with one attached hydrogen (secondary N) is 1. The Hall–Kier alpha value is -0.610. The summed E-state index contributed by atoms with van der Waals surface area (Å²) < 4.78 is 4.84. The molecule has 0 aromatic heterocycles. The molecule has 1 rings (SSSR count). The van der Waals surface area contributed by atoms with Gasteiger partial charge in [0, 0.05) is 13.7 Å². The number of methoxy groups -OCH3 is 1. The van der Waals surface area contributed by atoms with Crippen LogP contribution >= 0.6 is 0 Å². The molecule has 0 spiro atoms. The first-order valence-electron chi connectivity index (χ1n) is 4.18. The van der Waals surface area contributed by atoms with Crippen LogP contribution in [0, 0.1) is 11.8 Å². The molecule has 0 aromatic rings. The Labute approximate surface area is 71.9 Å². The lowest BCUT2D eigenvalue weighted by Gasteiger charge is -2.01. The van der Waals surface area contributed by atoms with Crippen molar-refractivity contribution >= 4 is 5.97 Å². The number of aliphatic carboxylic acids is 1. The summed E-state index contributed by atoms with van der Waals surface area (Å²) in [5, 5.41) is 11.7. The van der Waals surface area contributed by atoms with Gasteiger partial charge >= 0.3 is 5.97 Å². The van der Waals surface area contributed by atoms with Crippen molar-refractivity contribution in [2.45, 2.75) is 6.42 Å². The zero-order valence-electron chi connectivity index (χ0n) is 7.25. The maximum Gasteiger partial charge on any atom is 0.306 e. The summed E-state index contributed by atoms with van der Waals surface area (Å²) in [7, 11) is 1.65. The molecule has 1 saturated carbocycles. The third kappa shape index (κ3) is 2.79. The molecule has 0 amide bonds. The summed E-state index contributed by atoms with van der Waals surface area (Å²) in [5.41, 5.74) is 0. The van der Waals surface area contributed by atoms with E-state index in [0.29, 0.717) is 12.5 Å². The van der Waals surface area contributed by atoms with E-state index in [1.54, 1.807) is 7.11 Å². The van der Waals surface area contributed by atoms with Crippen molar-refractivity contribution in [3.05, 3.63) is 0 Å². The number of carboxylic acid groups (broad SMARTS) is 1. The number of hydrogen-bond donors (Lipinski definition) is 2. The van der Waals surface area contributed by atoms with E-state index in [1.807, 2.05) is 0 Å². The van der Waals surface area contributed by atoms with Gasteiger partial charge in [0.25, 0.3) is 0 Å². The van der Waals surface area contributed by atoms with Crippen LogP contribution in [0.5, 0.6) is 0 Å². The van der Waals surface area contributed by atoms with Crippen molar-refractivity contribution in [1.29, 1.82) is 0 Å². The summed E-state index contributed by atoms with van der Waals surface area (Å²) >= 11 is 0. The third-order valence-electron chi connectivity index (χ3n) is 2.13. The van der Waals surface area contributed by atoms with Gasteiger partial charge in [-0.05, 0) is 18.9 Å². The highest BCUT2D eigenvalue weighted by atomic mass is 16.5. The molecule has 12 heavy (non-hydrogen) atoms. The lowest BCUT2D eigenvalue weighted by atomic mass is 10.3. The Morgan fingerprint density at radius 2 is 2.50 bits per heavy atom. The molecular formula is C8H15NO3. The minimum absolute atomic E-state index is 0.0972. The highest BCUT2D eigenvalue weighted by Gasteiger charge is 2.42.